The van der Waals surface area contributed by atoms with Crippen molar-refractivity contribution in [3.63, 3.8) is 0 Å². The molecule has 1 unspecified atom stereocenters. The number of nitrogens with zero attached hydrogens (tertiary/aromatic N) is 1. The molecule has 2 rings (SSSR count). The van der Waals surface area contributed by atoms with Crippen LogP contribution in [0.3, 0.4) is 0 Å². The first kappa shape index (κ1) is 12.6. The molecule has 0 spiro atoms. The first-order valence-electron chi connectivity index (χ1n) is 5.58. The molecule has 0 bridgehead atoms. The molecular formula is C12H16ClN3S. The molecule has 1 aliphatic rings. The van der Waals surface area contributed by atoms with E-state index >= 15 is 0 Å². The fourth-order valence-corrected chi connectivity index (χ4v) is 3.39. The molecule has 1 aliphatic heterocycles. The molecular weight excluding hydrogens is 254 g/mol. The lowest BCUT2D eigenvalue weighted by atomic mass is 10.1. The van der Waals surface area contributed by atoms with E-state index in [1.54, 1.807) is 6.07 Å². The van der Waals surface area contributed by atoms with Gasteiger partial charge in [-0.3, -0.25) is 5.41 Å². The SMILES string of the molecule is CC1CSCCN1c1cccc(Cl)c1C(=N)N. The largest absolute Gasteiger partial charge is 0.384 e. The summed E-state index contributed by atoms with van der Waals surface area (Å²) in [5, 5.41) is 8.22. The second-order valence-electron chi connectivity index (χ2n) is 4.16. The summed E-state index contributed by atoms with van der Waals surface area (Å²) in [5.41, 5.74) is 7.28. The van der Waals surface area contributed by atoms with Crippen molar-refractivity contribution in [2.45, 2.75) is 13.0 Å². The zero-order valence-electron chi connectivity index (χ0n) is 9.74. The summed E-state index contributed by atoms with van der Waals surface area (Å²) in [5.74, 6) is 2.24. The molecule has 1 fully saturated rings. The van der Waals surface area contributed by atoms with Gasteiger partial charge in [0, 0.05) is 29.8 Å². The Bertz CT molecular complexity index is 436. The van der Waals surface area contributed by atoms with E-state index in [0.29, 0.717) is 16.6 Å². The number of amidine groups is 1. The number of halogens is 1. The normalized spacial score (nSPS) is 20.4. The first-order valence-corrected chi connectivity index (χ1v) is 7.12. The van der Waals surface area contributed by atoms with Gasteiger partial charge in [-0.25, -0.2) is 0 Å². The van der Waals surface area contributed by atoms with Gasteiger partial charge in [-0.1, -0.05) is 17.7 Å². The van der Waals surface area contributed by atoms with Gasteiger partial charge in [0.1, 0.15) is 5.84 Å². The third kappa shape index (κ3) is 2.53. The van der Waals surface area contributed by atoms with Crippen LogP contribution in [-0.4, -0.2) is 29.9 Å². The molecule has 1 heterocycles. The summed E-state index contributed by atoms with van der Waals surface area (Å²) in [4.78, 5) is 2.29. The van der Waals surface area contributed by atoms with Crippen molar-refractivity contribution in [1.82, 2.24) is 0 Å². The van der Waals surface area contributed by atoms with Gasteiger partial charge in [0.2, 0.25) is 0 Å². The van der Waals surface area contributed by atoms with E-state index in [1.807, 2.05) is 23.9 Å². The van der Waals surface area contributed by atoms with Gasteiger partial charge in [-0.15, -0.1) is 0 Å². The van der Waals surface area contributed by atoms with Crippen molar-refractivity contribution in [1.29, 1.82) is 5.41 Å². The number of hydrogen-bond acceptors (Lipinski definition) is 3. The van der Waals surface area contributed by atoms with E-state index in [4.69, 9.17) is 22.7 Å². The Morgan fingerprint density at radius 3 is 3.00 bits per heavy atom. The van der Waals surface area contributed by atoms with Crippen LogP contribution < -0.4 is 10.6 Å². The van der Waals surface area contributed by atoms with Crippen LogP contribution in [0.25, 0.3) is 0 Å². The Hall–Kier alpha value is -0.870. The Kier molecular flexibility index (Phi) is 3.84. The van der Waals surface area contributed by atoms with Crippen molar-refractivity contribution in [2.24, 2.45) is 5.73 Å². The highest BCUT2D eigenvalue weighted by atomic mass is 35.5. The summed E-state index contributed by atoms with van der Waals surface area (Å²) >= 11 is 8.10. The van der Waals surface area contributed by atoms with Crippen LogP contribution in [0.2, 0.25) is 5.02 Å². The van der Waals surface area contributed by atoms with Crippen LogP contribution in [0, 0.1) is 5.41 Å². The van der Waals surface area contributed by atoms with Gasteiger partial charge in [0.05, 0.1) is 10.6 Å². The van der Waals surface area contributed by atoms with Gasteiger partial charge >= 0.3 is 0 Å². The minimum absolute atomic E-state index is 0.0380. The molecule has 1 saturated heterocycles. The summed E-state index contributed by atoms with van der Waals surface area (Å²) in [7, 11) is 0. The number of rotatable bonds is 2. The maximum absolute atomic E-state index is 7.66. The van der Waals surface area contributed by atoms with Gasteiger partial charge in [-0.2, -0.15) is 11.8 Å². The molecule has 1 aromatic carbocycles. The predicted octanol–water partition coefficient (Wildman–Crippen LogP) is 2.57. The lowest BCUT2D eigenvalue weighted by molar-refractivity contribution is 0.699. The molecule has 17 heavy (non-hydrogen) atoms. The summed E-state index contributed by atoms with van der Waals surface area (Å²) in [6.45, 7) is 3.17. The number of thioether (sulfide) groups is 1. The average Bonchev–Trinajstić information content (AvgIpc) is 2.28. The maximum Gasteiger partial charge on any atom is 0.126 e. The molecule has 0 saturated carbocycles. The van der Waals surface area contributed by atoms with E-state index in [0.717, 1.165) is 23.7 Å². The molecule has 0 amide bonds. The van der Waals surface area contributed by atoms with Crippen molar-refractivity contribution in [2.75, 3.05) is 23.0 Å². The second kappa shape index (κ2) is 5.19. The Labute approximate surface area is 111 Å². The first-order chi connectivity index (χ1) is 8.11. The molecule has 3 nitrogen and oxygen atoms in total. The standard InChI is InChI=1S/C12H16ClN3S/c1-8-7-17-6-5-16(8)10-4-2-3-9(13)11(10)12(14)15/h2-4,8H,5-7H2,1H3,(H3,14,15). The van der Waals surface area contributed by atoms with Crippen molar-refractivity contribution < 1.29 is 0 Å². The fraction of sp³-hybridized carbons (Fsp3) is 0.417. The Morgan fingerprint density at radius 1 is 1.59 bits per heavy atom. The van der Waals surface area contributed by atoms with Crippen molar-refractivity contribution >= 4 is 34.9 Å². The topological polar surface area (TPSA) is 53.1 Å². The molecule has 3 N–H and O–H groups in total. The quantitative estimate of drug-likeness (QED) is 0.641. The number of anilines is 1. The molecule has 0 aliphatic carbocycles. The number of hydrogen-bond donors (Lipinski definition) is 2. The van der Waals surface area contributed by atoms with E-state index < -0.39 is 0 Å². The van der Waals surface area contributed by atoms with Gasteiger partial charge < -0.3 is 10.6 Å². The number of nitrogen functional groups attached to an aromatic ring is 1. The van der Waals surface area contributed by atoms with Crippen molar-refractivity contribution in [3.05, 3.63) is 28.8 Å². The molecule has 92 valence electrons. The zero-order chi connectivity index (χ0) is 12.4. The van der Waals surface area contributed by atoms with Crippen LogP contribution in [0.4, 0.5) is 5.69 Å². The van der Waals surface area contributed by atoms with Crippen LogP contribution in [-0.2, 0) is 0 Å². The molecule has 0 aromatic heterocycles. The van der Waals surface area contributed by atoms with Crippen LogP contribution in [0.5, 0.6) is 0 Å². The third-order valence-electron chi connectivity index (χ3n) is 2.94. The van der Waals surface area contributed by atoms with Crippen LogP contribution in [0.1, 0.15) is 12.5 Å². The third-order valence-corrected chi connectivity index (χ3v) is 4.44. The van der Waals surface area contributed by atoms with Gasteiger partial charge in [0.15, 0.2) is 0 Å². The number of nitrogens with two attached hydrogens (primary N) is 1. The minimum atomic E-state index is 0.0380. The highest BCUT2D eigenvalue weighted by Crippen LogP contribution is 2.31. The van der Waals surface area contributed by atoms with Crippen LogP contribution >= 0.6 is 23.4 Å². The maximum atomic E-state index is 7.66. The van der Waals surface area contributed by atoms with Crippen molar-refractivity contribution in [3.8, 4) is 0 Å². The highest BCUT2D eigenvalue weighted by Gasteiger charge is 2.23. The summed E-state index contributed by atoms with van der Waals surface area (Å²) in [6.07, 6.45) is 0. The number of benzene rings is 1. The van der Waals surface area contributed by atoms with E-state index in [-0.39, 0.29) is 5.84 Å². The zero-order valence-corrected chi connectivity index (χ0v) is 11.3. The smallest absolute Gasteiger partial charge is 0.126 e. The molecule has 1 atom stereocenters. The van der Waals surface area contributed by atoms with E-state index in [1.165, 1.54) is 0 Å². The molecule has 0 radical (unpaired) electrons. The van der Waals surface area contributed by atoms with Gasteiger partial charge in [-0.05, 0) is 19.1 Å². The predicted molar refractivity (Wildman–Crippen MR) is 76.6 cm³/mol. The van der Waals surface area contributed by atoms with E-state index in [2.05, 4.69) is 11.8 Å². The summed E-state index contributed by atoms with van der Waals surface area (Å²) < 4.78 is 0. The monoisotopic (exact) mass is 269 g/mol. The van der Waals surface area contributed by atoms with E-state index in [9.17, 15) is 0 Å². The summed E-state index contributed by atoms with van der Waals surface area (Å²) in [6, 6.07) is 6.14. The lowest BCUT2D eigenvalue weighted by Crippen LogP contribution is -2.41. The van der Waals surface area contributed by atoms with Crippen LogP contribution in [0.15, 0.2) is 18.2 Å². The van der Waals surface area contributed by atoms with Gasteiger partial charge in [0.25, 0.3) is 0 Å². The Morgan fingerprint density at radius 2 is 2.35 bits per heavy atom. The highest BCUT2D eigenvalue weighted by molar-refractivity contribution is 7.99. The average molecular weight is 270 g/mol. The fourth-order valence-electron chi connectivity index (χ4n) is 2.10. The Balaban J connectivity index is 2.43. The molecule has 1 aromatic rings. The number of nitrogens with one attached hydrogen (secondary N) is 1. The second-order valence-corrected chi connectivity index (χ2v) is 5.72. The minimum Gasteiger partial charge on any atom is -0.384 e. The lowest BCUT2D eigenvalue weighted by Gasteiger charge is -2.36. The molecule has 5 heteroatoms.